The molecular weight excluding hydrogens is 334 g/mol. The van der Waals surface area contributed by atoms with Gasteiger partial charge in [0.2, 0.25) is 0 Å². The van der Waals surface area contributed by atoms with E-state index in [-0.39, 0.29) is 0 Å². The lowest BCUT2D eigenvalue weighted by Crippen LogP contribution is -2.21. The van der Waals surface area contributed by atoms with Gasteiger partial charge in [0.05, 0.1) is 5.57 Å². The van der Waals surface area contributed by atoms with Crippen LogP contribution in [-0.2, 0) is 7.05 Å². The molecule has 0 saturated carbocycles. The lowest BCUT2D eigenvalue weighted by atomic mass is 10.1. The maximum Gasteiger partial charge on any atom is 0.174 e. The summed E-state index contributed by atoms with van der Waals surface area (Å²) in [6.45, 7) is 6.22. The zero-order valence-electron chi connectivity index (χ0n) is 15.9. The summed E-state index contributed by atoms with van der Waals surface area (Å²) >= 11 is 0. The molecule has 0 aliphatic heterocycles. The van der Waals surface area contributed by atoms with Gasteiger partial charge in [0.1, 0.15) is 6.07 Å². The van der Waals surface area contributed by atoms with E-state index in [0.29, 0.717) is 11.4 Å². The molecule has 0 radical (unpaired) electrons. The van der Waals surface area contributed by atoms with Crippen molar-refractivity contribution in [2.24, 2.45) is 7.05 Å². The van der Waals surface area contributed by atoms with E-state index in [1.807, 2.05) is 60.2 Å². The van der Waals surface area contributed by atoms with Crippen LogP contribution in [0.15, 0.2) is 54.6 Å². The number of hydrogen-bond acceptors (Lipinski definition) is 4. The maximum absolute atomic E-state index is 9.66. The Labute approximate surface area is 160 Å². The van der Waals surface area contributed by atoms with Crippen LogP contribution in [-0.4, -0.2) is 27.9 Å². The van der Waals surface area contributed by atoms with Crippen molar-refractivity contribution >= 4 is 17.3 Å². The van der Waals surface area contributed by atoms with Gasteiger partial charge in [-0.25, -0.2) is 0 Å². The summed E-state index contributed by atoms with van der Waals surface area (Å²) in [5, 5.41) is 18.2. The molecule has 1 aromatic heterocycles. The molecular formula is C22H23N5. The maximum atomic E-state index is 9.66. The molecule has 0 spiro atoms. The topological polar surface area (TPSA) is 57.7 Å². The molecule has 0 saturated heterocycles. The Kier molecular flexibility index (Phi) is 5.68. The highest BCUT2D eigenvalue weighted by Gasteiger charge is 2.14. The lowest BCUT2D eigenvalue weighted by Gasteiger charge is -2.20. The van der Waals surface area contributed by atoms with E-state index in [9.17, 15) is 5.26 Å². The zero-order valence-corrected chi connectivity index (χ0v) is 15.9. The van der Waals surface area contributed by atoms with Crippen LogP contribution in [0.2, 0.25) is 0 Å². The summed E-state index contributed by atoms with van der Waals surface area (Å²) in [6, 6.07) is 20.3. The number of benzene rings is 2. The summed E-state index contributed by atoms with van der Waals surface area (Å²) in [7, 11) is 1.88. The first-order valence-corrected chi connectivity index (χ1v) is 9.09. The Morgan fingerprint density at radius 2 is 1.70 bits per heavy atom. The largest absolute Gasteiger partial charge is 0.372 e. The van der Waals surface area contributed by atoms with Crippen molar-refractivity contribution in [2.75, 3.05) is 18.0 Å². The second-order valence-corrected chi connectivity index (χ2v) is 6.21. The molecule has 0 bridgehead atoms. The van der Waals surface area contributed by atoms with Crippen molar-refractivity contribution in [1.82, 2.24) is 14.8 Å². The van der Waals surface area contributed by atoms with Crippen molar-refractivity contribution < 1.29 is 0 Å². The van der Waals surface area contributed by atoms with Gasteiger partial charge >= 0.3 is 0 Å². The summed E-state index contributed by atoms with van der Waals surface area (Å²) in [4.78, 5) is 2.29. The number of nitrogens with zero attached hydrogens (tertiary/aromatic N) is 5. The highest BCUT2D eigenvalue weighted by molar-refractivity contribution is 5.87. The average Bonchev–Trinajstić information content (AvgIpc) is 3.10. The predicted molar refractivity (Wildman–Crippen MR) is 110 cm³/mol. The minimum absolute atomic E-state index is 0.489. The Balaban J connectivity index is 1.92. The summed E-state index contributed by atoms with van der Waals surface area (Å²) in [5.74, 6) is 1.30. The van der Waals surface area contributed by atoms with Crippen LogP contribution in [0.3, 0.4) is 0 Å². The molecule has 0 aliphatic carbocycles. The Morgan fingerprint density at radius 3 is 2.30 bits per heavy atom. The molecule has 0 fully saturated rings. The SMILES string of the molecule is CCN(CC)c1ccc(/C=C(/C#N)c2nnc(-c3ccccc3)n2C)cc1. The fourth-order valence-corrected chi connectivity index (χ4v) is 3.09. The standard InChI is InChI=1S/C22H23N5/c1-4-27(5-2)20-13-11-17(12-14-20)15-19(16-23)22-25-24-21(26(22)3)18-9-7-6-8-10-18/h6-15H,4-5H2,1-3H3/b19-15-. The van der Waals surface area contributed by atoms with Crippen LogP contribution in [0.1, 0.15) is 25.2 Å². The molecule has 5 nitrogen and oxygen atoms in total. The number of allylic oxidation sites excluding steroid dienone is 1. The minimum atomic E-state index is 0.489. The van der Waals surface area contributed by atoms with E-state index in [1.54, 1.807) is 0 Å². The first-order chi connectivity index (χ1) is 13.2. The van der Waals surface area contributed by atoms with Crippen molar-refractivity contribution in [1.29, 1.82) is 5.26 Å². The van der Waals surface area contributed by atoms with Gasteiger partial charge in [-0.05, 0) is 37.6 Å². The quantitative estimate of drug-likeness (QED) is 0.614. The molecule has 3 rings (SSSR count). The van der Waals surface area contributed by atoms with E-state index in [4.69, 9.17) is 0 Å². The number of anilines is 1. The first-order valence-electron chi connectivity index (χ1n) is 9.09. The van der Waals surface area contributed by atoms with Gasteiger partial charge in [-0.15, -0.1) is 10.2 Å². The summed E-state index contributed by atoms with van der Waals surface area (Å²) in [6.07, 6.45) is 1.85. The van der Waals surface area contributed by atoms with Crippen molar-refractivity contribution in [3.8, 4) is 17.5 Å². The van der Waals surface area contributed by atoms with Crippen LogP contribution in [0.5, 0.6) is 0 Å². The van der Waals surface area contributed by atoms with Gasteiger partial charge in [0.15, 0.2) is 11.6 Å². The molecule has 0 amide bonds. The van der Waals surface area contributed by atoms with Gasteiger partial charge in [0.25, 0.3) is 0 Å². The van der Waals surface area contributed by atoms with Gasteiger partial charge < -0.3 is 9.47 Å². The molecule has 136 valence electrons. The van der Waals surface area contributed by atoms with Gasteiger partial charge in [-0.2, -0.15) is 5.26 Å². The molecule has 0 unspecified atom stereocenters. The molecule has 0 aliphatic rings. The normalized spacial score (nSPS) is 11.3. The van der Waals surface area contributed by atoms with Gasteiger partial charge in [0, 0.05) is 31.4 Å². The van der Waals surface area contributed by atoms with Crippen LogP contribution in [0.4, 0.5) is 5.69 Å². The third-order valence-electron chi connectivity index (χ3n) is 4.60. The number of nitriles is 1. The summed E-state index contributed by atoms with van der Waals surface area (Å²) in [5.41, 5.74) is 3.61. The molecule has 0 atom stereocenters. The Hall–Kier alpha value is -3.39. The van der Waals surface area contributed by atoms with E-state index in [1.165, 1.54) is 5.69 Å². The monoisotopic (exact) mass is 357 g/mol. The van der Waals surface area contributed by atoms with Crippen LogP contribution in [0, 0.1) is 11.3 Å². The van der Waals surface area contributed by atoms with Crippen molar-refractivity contribution in [3.05, 3.63) is 66.0 Å². The van der Waals surface area contributed by atoms with Crippen LogP contribution >= 0.6 is 0 Å². The van der Waals surface area contributed by atoms with E-state index in [0.717, 1.165) is 30.0 Å². The van der Waals surface area contributed by atoms with Crippen LogP contribution < -0.4 is 4.90 Å². The smallest absolute Gasteiger partial charge is 0.174 e. The molecule has 2 aromatic carbocycles. The van der Waals surface area contributed by atoms with Crippen molar-refractivity contribution in [2.45, 2.75) is 13.8 Å². The minimum Gasteiger partial charge on any atom is -0.372 e. The average molecular weight is 357 g/mol. The highest BCUT2D eigenvalue weighted by Crippen LogP contribution is 2.23. The van der Waals surface area contributed by atoms with E-state index >= 15 is 0 Å². The van der Waals surface area contributed by atoms with Gasteiger partial charge in [-0.1, -0.05) is 42.5 Å². The highest BCUT2D eigenvalue weighted by atomic mass is 15.3. The molecule has 0 N–H and O–H groups in total. The van der Waals surface area contributed by atoms with Crippen molar-refractivity contribution in [3.63, 3.8) is 0 Å². The first kappa shape index (κ1) is 18.4. The number of rotatable bonds is 6. The van der Waals surface area contributed by atoms with Gasteiger partial charge in [-0.3, -0.25) is 0 Å². The third kappa shape index (κ3) is 3.90. The molecule has 27 heavy (non-hydrogen) atoms. The van der Waals surface area contributed by atoms with Crippen LogP contribution in [0.25, 0.3) is 23.0 Å². The zero-order chi connectivity index (χ0) is 19.2. The second kappa shape index (κ2) is 8.33. The fourth-order valence-electron chi connectivity index (χ4n) is 3.09. The van der Waals surface area contributed by atoms with E-state index in [2.05, 4.69) is 47.1 Å². The number of aromatic nitrogens is 3. The lowest BCUT2D eigenvalue weighted by molar-refractivity contribution is 0.866. The van der Waals surface area contributed by atoms with E-state index < -0.39 is 0 Å². The molecule has 1 heterocycles. The third-order valence-corrected chi connectivity index (χ3v) is 4.60. The Bertz CT molecular complexity index is 958. The fraction of sp³-hybridized carbons (Fsp3) is 0.227. The molecule has 3 aromatic rings. The number of hydrogen-bond donors (Lipinski definition) is 0. The molecule has 5 heteroatoms. The predicted octanol–water partition coefficient (Wildman–Crippen LogP) is 4.39. The summed E-state index contributed by atoms with van der Waals surface area (Å²) < 4.78 is 1.86. The second-order valence-electron chi connectivity index (χ2n) is 6.21. The Morgan fingerprint density at radius 1 is 1.04 bits per heavy atom.